The van der Waals surface area contributed by atoms with Gasteiger partial charge in [-0.3, -0.25) is 0 Å². The van der Waals surface area contributed by atoms with Crippen LogP contribution in [-0.2, 0) is 4.74 Å². The highest BCUT2D eigenvalue weighted by Crippen LogP contribution is 2.17. The molecule has 0 bridgehead atoms. The fourth-order valence-corrected chi connectivity index (χ4v) is 2.14. The number of hydrogen-bond donors (Lipinski definition) is 2. The topological polar surface area (TPSA) is 41.5 Å². The van der Waals surface area contributed by atoms with Gasteiger partial charge in [-0.25, -0.2) is 0 Å². The van der Waals surface area contributed by atoms with Gasteiger partial charge in [0.25, 0.3) is 0 Å². The Labute approximate surface area is 95.1 Å². The van der Waals surface area contributed by atoms with Crippen molar-refractivity contribution in [2.24, 2.45) is 0 Å². The average Bonchev–Trinajstić information content (AvgIpc) is 2.70. The summed E-state index contributed by atoms with van der Waals surface area (Å²) >= 11 is 1.75. The zero-order valence-electron chi connectivity index (χ0n) is 9.27. The number of ether oxygens (including phenoxy) is 1. The van der Waals surface area contributed by atoms with Crippen LogP contribution in [0.3, 0.4) is 0 Å². The second kappa shape index (κ2) is 6.95. The summed E-state index contributed by atoms with van der Waals surface area (Å²) in [6.07, 6.45) is 0.363. The van der Waals surface area contributed by atoms with Crippen LogP contribution >= 0.6 is 11.3 Å². The summed E-state index contributed by atoms with van der Waals surface area (Å²) in [4.78, 5) is 1.33. The van der Waals surface area contributed by atoms with Gasteiger partial charge in [0.05, 0.1) is 12.7 Å². The lowest BCUT2D eigenvalue weighted by Crippen LogP contribution is -2.25. The van der Waals surface area contributed by atoms with Crippen LogP contribution in [-0.4, -0.2) is 31.5 Å². The summed E-state index contributed by atoms with van der Waals surface area (Å²) in [5.74, 6) is 0. The minimum atomic E-state index is -0.363. The Morgan fingerprint density at radius 2 is 2.40 bits per heavy atom. The molecule has 3 nitrogen and oxygen atoms in total. The van der Waals surface area contributed by atoms with Crippen molar-refractivity contribution in [1.29, 1.82) is 0 Å². The molecule has 0 spiro atoms. The second-order valence-corrected chi connectivity index (χ2v) is 4.57. The molecule has 0 fully saturated rings. The first kappa shape index (κ1) is 12.6. The molecule has 2 atom stereocenters. The van der Waals surface area contributed by atoms with Crippen molar-refractivity contribution >= 4 is 11.3 Å². The molecule has 0 aliphatic rings. The van der Waals surface area contributed by atoms with Crippen LogP contribution in [0, 0.1) is 0 Å². The smallest absolute Gasteiger partial charge is 0.0785 e. The molecule has 0 saturated carbocycles. The van der Waals surface area contributed by atoms with E-state index in [-0.39, 0.29) is 6.10 Å². The van der Waals surface area contributed by atoms with Gasteiger partial charge < -0.3 is 15.2 Å². The third-order valence-electron chi connectivity index (χ3n) is 2.26. The maximum Gasteiger partial charge on any atom is 0.0785 e. The van der Waals surface area contributed by atoms with Crippen molar-refractivity contribution in [2.75, 3.05) is 20.3 Å². The predicted molar refractivity (Wildman–Crippen MR) is 63.2 cm³/mol. The van der Waals surface area contributed by atoms with Crippen LogP contribution in [0.2, 0.25) is 0 Å². The van der Waals surface area contributed by atoms with Crippen molar-refractivity contribution in [1.82, 2.24) is 5.32 Å². The predicted octanol–water partition coefficient (Wildman–Crippen LogP) is 1.80. The van der Waals surface area contributed by atoms with Crippen LogP contribution in [0.15, 0.2) is 17.5 Å². The Balaban J connectivity index is 2.15. The molecule has 86 valence electrons. The molecule has 1 rings (SSSR count). The van der Waals surface area contributed by atoms with E-state index < -0.39 is 0 Å². The van der Waals surface area contributed by atoms with E-state index in [2.05, 4.69) is 29.8 Å². The molecule has 0 aromatic carbocycles. The van der Waals surface area contributed by atoms with Crippen molar-refractivity contribution in [3.63, 3.8) is 0 Å². The molecule has 0 aliphatic carbocycles. The van der Waals surface area contributed by atoms with Gasteiger partial charge in [-0.05, 0) is 31.3 Å². The minimum absolute atomic E-state index is 0.361. The molecular weight excluding hydrogens is 210 g/mol. The lowest BCUT2D eigenvalue weighted by Gasteiger charge is -2.14. The third kappa shape index (κ3) is 4.75. The molecule has 1 aromatic rings. The minimum Gasteiger partial charge on any atom is -0.391 e. The average molecular weight is 229 g/mol. The van der Waals surface area contributed by atoms with Crippen LogP contribution in [0.25, 0.3) is 0 Å². The van der Waals surface area contributed by atoms with Gasteiger partial charge in [-0.2, -0.15) is 0 Å². The molecule has 0 saturated heterocycles. The van der Waals surface area contributed by atoms with Crippen LogP contribution < -0.4 is 5.32 Å². The highest BCUT2D eigenvalue weighted by atomic mass is 32.1. The first-order valence-corrected chi connectivity index (χ1v) is 6.05. The standard InChI is InChI=1S/C11H19NO2S/c1-9(11-4-3-7-15-11)12-6-5-10(13)8-14-2/h3-4,7,9-10,12-13H,5-6,8H2,1-2H3. The molecular formula is C11H19NO2S. The fraction of sp³-hybridized carbons (Fsp3) is 0.636. The molecule has 15 heavy (non-hydrogen) atoms. The monoisotopic (exact) mass is 229 g/mol. The summed E-state index contributed by atoms with van der Waals surface area (Å²) in [5.41, 5.74) is 0. The summed E-state index contributed by atoms with van der Waals surface area (Å²) in [6.45, 7) is 3.35. The Hall–Kier alpha value is -0.420. The summed E-state index contributed by atoms with van der Waals surface area (Å²) < 4.78 is 4.86. The largest absolute Gasteiger partial charge is 0.391 e. The number of thiophene rings is 1. The zero-order valence-corrected chi connectivity index (χ0v) is 10.1. The normalized spacial score (nSPS) is 15.1. The van der Waals surface area contributed by atoms with Gasteiger partial charge in [-0.15, -0.1) is 11.3 Å². The first-order valence-electron chi connectivity index (χ1n) is 5.18. The molecule has 0 amide bonds. The van der Waals surface area contributed by atoms with E-state index in [1.807, 2.05) is 0 Å². The van der Waals surface area contributed by atoms with Gasteiger partial charge in [0.15, 0.2) is 0 Å². The number of hydrogen-bond acceptors (Lipinski definition) is 4. The van der Waals surface area contributed by atoms with Crippen LogP contribution in [0.5, 0.6) is 0 Å². The van der Waals surface area contributed by atoms with E-state index in [1.165, 1.54) is 4.88 Å². The SMILES string of the molecule is COCC(O)CCNC(C)c1cccs1. The molecule has 2 N–H and O–H groups in total. The molecule has 0 aliphatic heterocycles. The number of nitrogens with one attached hydrogen (secondary N) is 1. The van der Waals surface area contributed by atoms with Crippen molar-refractivity contribution in [2.45, 2.75) is 25.5 Å². The van der Waals surface area contributed by atoms with E-state index >= 15 is 0 Å². The molecule has 4 heteroatoms. The number of aliphatic hydroxyl groups is 1. The van der Waals surface area contributed by atoms with Crippen LogP contribution in [0.4, 0.5) is 0 Å². The third-order valence-corrected chi connectivity index (χ3v) is 3.31. The van der Waals surface area contributed by atoms with Gasteiger partial charge in [-0.1, -0.05) is 6.07 Å². The van der Waals surface area contributed by atoms with E-state index in [4.69, 9.17) is 4.74 Å². The summed E-state index contributed by atoms with van der Waals surface area (Å²) in [7, 11) is 1.60. The number of rotatable bonds is 7. The highest BCUT2D eigenvalue weighted by molar-refractivity contribution is 7.10. The van der Waals surface area contributed by atoms with E-state index in [1.54, 1.807) is 18.4 Å². The quantitative estimate of drug-likeness (QED) is 0.749. The van der Waals surface area contributed by atoms with E-state index in [0.717, 1.165) is 13.0 Å². The van der Waals surface area contributed by atoms with Crippen molar-refractivity contribution < 1.29 is 9.84 Å². The van der Waals surface area contributed by atoms with E-state index in [0.29, 0.717) is 12.6 Å². The molecule has 1 heterocycles. The number of aliphatic hydroxyl groups excluding tert-OH is 1. The summed E-state index contributed by atoms with van der Waals surface area (Å²) in [5, 5.41) is 14.9. The fourth-order valence-electron chi connectivity index (χ4n) is 1.38. The lowest BCUT2D eigenvalue weighted by atomic mass is 10.2. The molecule has 2 unspecified atom stereocenters. The van der Waals surface area contributed by atoms with Gasteiger partial charge in [0.2, 0.25) is 0 Å². The Morgan fingerprint density at radius 3 is 3.00 bits per heavy atom. The van der Waals surface area contributed by atoms with Gasteiger partial charge in [0, 0.05) is 18.0 Å². The first-order chi connectivity index (χ1) is 7.24. The van der Waals surface area contributed by atoms with Crippen LogP contribution in [0.1, 0.15) is 24.3 Å². The lowest BCUT2D eigenvalue weighted by molar-refractivity contribution is 0.0591. The maximum atomic E-state index is 9.43. The van der Waals surface area contributed by atoms with Gasteiger partial charge >= 0.3 is 0 Å². The van der Waals surface area contributed by atoms with Crippen molar-refractivity contribution in [3.05, 3.63) is 22.4 Å². The summed E-state index contributed by atoms with van der Waals surface area (Å²) in [6, 6.07) is 4.53. The van der Waals surface area contributed by atoms with Crippen molar-refractivity contribution in [3.8, 4) is 0 Å². The second-order valence-electron chi connectivity index (χ2n) is 3.59. The van der Waals surface area contributed by atoms with Gasteiger partial charge in [0.1, 0.15) is 0 Å². The Kier molecular flexibility index (Phi) is 5.86. The molecule has 0 radical (unpaired) electrons. The highest BCUT2D eigenvalue weighted by Gasteiger charge is 2.07. The van der Waals surface area contributed by atoms with E-state index in [9.17, 15) is 5.11 Å². The molecule has 1 aromatic heterocycles. The number of methoxy groups -OCH3 is 1. The Morgan fingerprint density at radius 1 is 1.60 bits per heavy atom. The zero-order chi connectivity index (χ0) is 11.1. The Bertz CT molecular complexity index is 251. The maximum absolute atomic E-state index is 9.43.